The lowest BCUT2D eigenvalue weighted by Gasteiger charge is -2.33. The van der Waals surface area contributed by atoms with Gasteiger partial charge in [0.2, 0.25) is 0 Å². The normalized spacial score (nSPS) is 18.4. The van der Waals surface area contributed by atoms with E-state index in [0.29, 0.717) is 11.5 Å². The fourth-order valence-electron chi connectivity index (χ4n) is 2.79. The minimum Gasteiger partial charge on any atom is -0.508 e. The van der Waals surface area contributed by atoms with Crippen LogP contribution in [0.2, 0.25) is 0 Å². The topological polar surface area (TPSA) is 23.5 Å². The summed E-state index contributed by atoms with van der Waals surface area (Å²) in [6.07, 6.45) is 1.96. The first-order chi connectivity index (χ1) is 8.56. The molecule has 0 spiro atoms. The van der Waals surface area contributed by atoms with Gasteiger partial charge < -0.3 is 10.0 Å². The molecule has 1 aliphatic rings. The molecule has 1 N–H and O–H groups in total. The van der Waals surface area contributed by atoms with E-state index in [1.807, 2.05) is 0 Å². The summed E-state index contributed by atoms with van der Waals surface area (Å²) in [5.74, 6) is 0.908. The molecule has 0 amide bonds. The van der Waals surface area contributed by atoms with Gasteiger partial charge in [-0.2, -0.15) is 0 Å². The number of hydrogen-bond donors (Lipinski definition) is 1. The van der Waals surface area contributed by atoms with Crippen molar-refractivity contribution < 1.29 is 9.50 Å². The molecular weight excluding hydrogens is 229 g/mol. The Hall–Kier alpha value is -1.09. The monoisotopic (exact) mass is 251 g/mol. The fraction of sp³-hybridized carbons (Fsp3) is 0.600. The summed E-state index contributed by atoms with van der Waals surface area (Å²) < 4.78 is 13.7. The third-order valence-corrected chi connectivity index (χ3v) is 3.63. The highest BCUT2D eigenvalue weighted by Crippen LogP contribution is 2.31. The molecule has 1 heterocycles. The molecule has 1 fully saturated rings. The quantitative estimate of drug-likeness (QED) is 0.890. The van der Waals surface area contributed by atoms with E-state index >= 15 is 0 Å². The minimum absolute atomic E-state index is 0.163. The second-order valence-corrected chi connectivity index (χ2v) is 5.67. The Labute approximate surface area is 108 Å². The van der Waals surface area contributed by atoms with Crippen molar-refractivity contribution in [1.29, 1.82) is 0 Å². The Morgan fingerprint density at radius 1 is 1.33 bits per heavy atom. The van der Waals surface area contributed by atoms with Crippen molar-refractivity contribution in [3.8, 4) is 5.75 Å². The highest BCUT2D eigenvalue weighted by atomic mass is 19.1. The summed E-state index contributed by atoms with van der Waals surface area (Å²) in [7, 11) is 0. The molecule has 1 aromatic carbocycles. The van der Waals surface area contributed by atoms with Crippen molar-refractivity contribution in [2.24, 2.45) is 5.92 Å². The second kappa shape index (κ2) is 5.70. The van der Waals surface area contributed by atoms with Gasteiger partial charge in [-0.05, 0) is 61.5 Å². The average Bonchev–Trinajstić information content (AvgIpc) is 2.33. The lowest BCUT2D eigenvalue weighted by molar-refractivity contribution is 0.190. The Morgan fingerprint density at radius 3 is 2.61 bits per heavy atom. The first-order valence-corrected chi connectivity index (χ1v) is 6.77. The predicted octanol–water partition coefficient (Wildman–Crippen LogP) is 3.37. The van der Waals surface area contributed by atoms with Gasteiger partial charge >= 0.3 is 0 Å². The molecule has 18 heavy (non-hydrogen) atoms. The van der Waals surface area contributed by atoms with Gasteiger partial charge in [0.1, 0.15) is 11.6 Å². The van der Waals surface area contributed by atoms with Crippen LogP contribution < -0.4 is 0 Å². The lowest BCUT2D eigenvalue weighted by Crippen LogP contribution is -2.35. The summed E-state index contributed by atoms with van der Waals surface area (Å²) in [5, 5.41) is 9.46. The van der Waals surface area contributed by atoms with E-state index in [1.54, 1.807) is 6.07 Å². The first kappa shape index (κ1) is 13.3. The molecule has 3 heteroatoms. The second-order valence-electron chi connectivity index (χ2n) is 5.67. The number of benzene rings is 1. The zero-order chi connectivity index (χ0) is 13.1. The number of piperidine rings is 1. The largest absolute Gasteiger partial charge is 0.508 e. The molecule has 0 aliphatic carbocycles. The number of rotatable bonds is 3. The highest BCUT2D eigenvalue weighted by Gasteiger charge is 2.23. The van der Waals surface area contributed by atoms with E-state index in [2.05, 4.69) is 18.7 Å². The van der Waals surface area contributed by atoms with E-state index < -0.39 is 0 Å². The SMILES string of the molecule is CC(C)CN1CCC(c2cc(O)ccc2F)CC1. The number of nitrogens with zero attached hydrogens (tertiary/aromatic N) is 1. The third-order valence-electron chi connectivity index (χ3n) is 3.63. The van der Waals surface area contributed by atoms with Crippen molar-refractivity contribution in [1.82, 2.24) is 4.90 Å². The van der Waals surface area contributed by atoms with Crippen molar-refractivity contribution in [2.45, 2.75) is 32.6 Å². The van der Waals surface area contributed by atoms with Crippen LogP contribution in [0.5, 0.6) is 5.75 Å². The average molecular weight is 251 g/mol. The maximum atomic E-state index is 13.7. The van der Waals surface area contributed by atoms with Gasteiger partial charge in [0.25, 0.3) is 0 Å². The summed E-state index contributed by atoms with van der Waals surface area (Å²) >= 11 is 0. The molecule has 0 bridgehead atoms. The van der Waals surface area contributed by atoms with E-state index in [1.165, 1.54) is 12.1 Å². The standard InChI is InChI=1S/C15H22FNO/c1-11(2)10-17-7-5-12(6-8-17)14-9-13(18)3-4-15(14)16/h3-4,9,11-12,18H,5-8,10H2,1-2H3. The van der Waals surface area contributed by atoms with Gasteiger partial charge in [-0.3, -0.25) is 0 Å². The molecule has 2 nitrogen and oxygen atoms in total. The molecule has 1 aliphatic heterocycles. The number of aromatic hydroxyl groups is 1. The van der Waals surface area contributed by atoms with Crippen LogP contribution in [0.25, 0.3) is 0 Å². The maximum absolute atomic E-state index is 13.7. The molecular formula is C15H22FNO. The molecule has 100 valence electrons. The number of hydrogen-bond acceptors (Lipinski definition) is 2. The molecule has 1 aromatic rings. The fourth-order valence-corrected chi connectivity index (χ4v) is 2.79. The Bertz CT molecular complexity index is 397. The maximum Gasteiger partial charge on any atom is 0.126 e. The lowest BCUT2D eigenvalue weighted by atomic mass is 9.88. The van der Waals surface area contributed by atoms with Crippen LogP contribution >= 0.6 is 0 Å². The van der Waals surface area contributed by atoms with Crippen LogP contribution in [0.4, 0.5) is 4.39 Å². The Kier molecular flexibility index (Phi) is 4.23. The number of halogens is 1. The Balaban J connectivity index is 1.99. The zero-order valence-corrected chi connectivity index (χ0v) is 11.2. The van der Waals surface area contributed by atoms with Crippen molar-refractivity contribution in [3.05, 3.63) is 29.6 Å². The molecule has 0 radical (unpaired) electrons. The van der Waals surface area contributed by atoms with Crippen LogP contribution in [0.1, 0.15) is 38.2 Å². The van der Waals surface area contributed by atoms with Gasteiger partial charge in [-0.1, -0.05) is 13.8 Å². The molecule has 0 unspecified atom stereocenters. The van der Waals surface area contributed by atoms with Crippen LogP contribution in [0.15, 0.2) is 18.2 Å². The van der Waals surface area contributed by atoms with Gasteiger partial charge in [0.05, 0.1) is 0 Å². The summed E-state index contributed by atoms with van der Waals surface area (Å²) in [5.41, 5.74) is 0.680. The van der Waals surface area contributed by atoms with Crippen molar-refractivity contribution in [2.75, 3.05) is 19.6 Å². The summed E-state index contributed by atoms with van der Waals surface area (Å²) in [6, 6.07) is 4.36. The van der Waals surface area contributed by atoms with E-state index in [9.17, 15) is 9.50 Å². The number of phenols is 1. The molecule has 0 aromatic heterocycles. The number of phenolic OH excluding ortho intramolecular Hbond substituents is 1. The number of likely N-dealkylation sites (tertiary alicyclic amines) is 1. The molecule has 1 saturated heterocycles. The van der Waals surface area contributed by atoms with Gasteiger partial charge in [-0.25, -0.2) is 4.39 Å². The van der Waals surface area contributed by atoms with Gasteiger partial charge in [0, 0.05) is 6.54 Å². The molecule has 0 saturated carbocycles. The highest BCUT2D eigenvalue weighted by molar-refractivity contribution is 5.31. The zero-order valence-electron chi connectivity index (χ0n) is 11.2. The Morgan fingerprint density at radius 2 is 2.00 bits per heavy atom. The van der Waals surface area contributed by atoms with E-state index in [0.717, 1.165) is 32.5 Å². The van der Waals surface area contributed by atoms with Crippen molar-refractivity contribution in [3.63, 3.8) is 0 Å². The summed E-state index contributed by atoms with van der Waals surface area (Å²) in [4.78, 5) is 2.45. The van der Waals surface area contributed by atoms with Crippen molar-refractivity contribution >= 4 is 0 Å². The predicted molar refractivity (Wildman–Crippen MR) is 71.3 cm³/mol. The first-order valence-electron chi connectivity index (χ1n) is 6.77. The third kappa shape index (κ3) is 3.22. The molecule has 2 rings (SSSR count). The van der Waals surface area contributed by atoms with E-state index in [4.69, 9.17) is 0 Å². The smallest absolute Gasteiger partial charge is 0.126 e. The summed E-state index contributed by atoms with van der Waals surface area (Å²) in [6.45, 7) is 7.62. The van der Waals surface area contributed by atoms with Crippen LogP contribution in [0.3, 0.4) is 0 Å². The minimum atomic E-state index is -0.185. The van der Waals surface area contributed by atoms with Crippen LogP contribution in [0, 0.1) is 11.7 Å². The van der Waals surface area contributed by atoms with E-state index in [-0.39, 0.29) is 17.5 Å². The van der Waals surface area contributed by atoms with Crippen LogP contribution in [-0.4, -0.2) is 29.6 Å². The molecule has 0 atom stereocenters. The van der Waals surface area contributed by atoms with Gasteiger partial charge in [0.15, 0.2) is 0 Å². The van der Waals surface area contributed by atoms with Gasteiger partial charge in [-0.15, -0.1) is 0 Å². The van der Waals surface area contributed by atoms with Crippen LogP contribution in [-0.2, 0) is 0 Å².